The van der Waals surface area contributed by atoms with Crippen molar-refractivity contribution in [2.75, 3.05) is 45.1 Å². The summed E-state index contributed by atoms with van der Waals surface area (Å²) in [6.07, 6.45) is -1.09. The van der Waals surface area contributed by atoms with Crippen LogP contribution >= 0.6 is 12.2 Å². The zero-order chi connectivity index (χ0) is 91.9. The molecule has 2 fully saturated rings. The number of rotatable bonds is 38. The van der Waals surface area contributed by atoms with Gasteiger partial charge in [-0.1, -0.05) is 82.7 Å². The van der Waals surface area contributed by atoms with Crippen LogP contribution in [0.3, 0.4) is 0 Å². The van der Waals surface area contributed by atoms with Gasteiger partial charge in [0.1, 0.15) is 72.6 Å². The summed E-state index contributed by atoms with van der Waals surface area (Å²) >= 11 is 5.40. The van der Waals surface area contributed by atoms with Gasteiger partial charge in [-0.05, 0) is 87.8 Å². The number of anilines is 1. The van der Waals surface area contributed by atoms with Crippen molar-refractivity contribution in [3.63, 3.8) is 0 Å². The maximum absolute atomic E-state index is 15.0. The number of cyclic esters (lactones) is 1. The number of nitrogen functional groups attached to an aromatic ring is 1. The third kappa shape index (κ3) is 35.2. The monoisotopic (exact) mass is 1760 g/mol. The lowest BCUT2D eigenvalue weighted by molar-refractivity contribution is -0.156. The second-order valence-electron chi connectivity index (χ2n) is 29.7. The van der Waals surface area contributed by atoms with Crippen LogP contribution in [0.2, 0.25) is 0 Å². The van der Waals surface area contributed by atoms with Gasteiger partial charge < -0.3 is 131 Å². The van der Waals surface area contributed by atoms with Crippen LogP contribution in [-0.2, 0) is 107 Å². The van der Waals surface area contributed by atoms with E-state index in [-0.39, 0.29) is 48.3 Å². The number of benzene rings is 2. The summed E-state index contributed by atoms with van der Waals surface area (Å²) < 4.78 is 11.3. The van der Waals surface area contributed by atoms with E-state index >= 15 is 0 Å². The number of para-hydroxylation sites is 2. The average molecular weight is 1760 g/mol. The van der Waals surface area contributed by atoms with E-state index in [9.17, 15) is 121 Å². The minimum absolute atomic E-state index is 0.0234. The smallest absolute Gasteiger partial charge is 0.329 e. The van der Waals surface area contributed by atoms with Gasteiger partial charge in [-0.3, -0.25) is 91.1 Å². The molecule has 680 valence electrons. The lowest BCUT2D eigenvalue weighted by Gasteiger charge is -2.30. The molecule has 0 saturated carbocycles. The number of aliphatic carboxylic acids is 4. The van der Waals surface area contributed by atoms with Gasteiger partial charge in [-0.2, -0.15) is 0 Å². The molecule has 2 aromatic carbocycles. The fraction of sp³-hybridized carbons (Fsp3) is 0.551. The Kier molecular flexibility index (Phi) is 42.3. The fourth-order valence-electron chi connectivity index (χ4n) is 13.0. The molecule has 14 atom stereocenters. The second-order valence-corrected chi connectivity index (χ2v) is 30.1. The molecule has 3 aromatic rings. The Hall–Kier alpha value is -13.0. The van der Waals surface area contributed by atoms with E-state index in [2.05, 4.69) is 75.7 Å². The van der Waals surface area contributed by atoms with Crippen LogP contribution in [-0.4, -0.2) is 272 Å². The van der Waals surface area contributed by atoms with Crippen LogP contribution < -0.4 is 91.2 Å². The first-order valence-electron chi connectivity index (χ1n) is 40.2. The summed E-state index contributed by atoms with van der Waals surface area (Å²) in [5.74, 6) is -29.9. The van der Waals surface area contributed by atoms with Gasteiger partial charge in [0.05, 0.1) is 57.9 Å². The van der Waals surface area contributed by atoms with Crippen molar-refractivity contribution in [2.45, 2.75) is 228 Å². The number of nitrogens with one attached hydrogen (secondary N) is 16. The van der Waals surface area contributed by atoms with Crippen molar-refractivity contribution in [3.8, 4) is 0 Å². The van der Waals surface area contributed by atoms with E-state index in [4.69, 9.17) is 33.2 Å². The number of aromatic nitrogens is 1. The van der Waals surface area contributed by atoms with Crippen molar-refractivity contribution < 1.29 is 131 Å². The van der Waals surface area contributed by atoms with Gasteiger partial charge in [-0.25, -0.2) is 4.79 Å². The Morgan fingerprint density at radius 1 is 0.581 bits per heavy atom. The third-order valence-corrected chi connectivity index (χ3v) is 19.9. The SMILES string of the molecule is CCCCCCCCCC(=O)NC(Cc1c[nH]c2ccccc12)C(=O)NC(CC(N)=O)C(=O)NC(CC(=O)O)C(=O)NC1C(=O)NCC(=O)NC(CCCNC(=S)NCC2CCCO2)C(=O)NC(CC(=O)O)C(=O)NC(C)C(=O)NC(CC(=O)O)C(=O)NCC(=O)NC(CO)C(=O)NC(C(C)CC(=O)O)C(=O)NC(CC(=O)c2ccccc2N)C(=O)OC1C. The number of carbonyl (C=O) groups is 20. The van der Waals surface area contributed by atoms with E-state index < -0.39 is 261 Å². The number of primary amides is 1. The van der Waals surface area contributed by atoms with E-state index in [1.807, 2.05) is 16.0 Å². The Labute approximate surface area is 715 Å². The van der Waals surface area contributed by atoms with Crippen LogP contribution in [0.5, 0.6) is 0 Å². The number of Topliss-reactive ketones (excluding diaryl/α,β-unsaturated/α-hetero) is 1. The van der Waals surface area contributed by atoms with Crippen molar-refractivity contribution in [3.05, 3.63) is 65.9 Å². The summed E-state index contributed by atoms with van der Waals surface area (Å²) in [6.45, 7) is 2.05. The summed E-state index contributed by atoms with van der Waals surface area (Å²) in [7, 11) is 0. The second kappa shape index (κ2) is 51.7. The standard InChI is InChI=1S/C78H110N18O27S/c1-5-6-7-8-9-10-11-24-58(100)88-49(28-42-34-82-47-22-15-13-19-44(42)47)71(115)91-50(30-57(80)99)72(116)93-53(33-64(109)110)73(117)96-66-41(4)123-77(121)54(29-56(98)45-20-12-14-21-46(45)79)94-76(120)65(39(2)27-61(103)104)95-74(118)55(38-97)89-60(102)36-83-68(112)51(31-62(105)106)90-67(111)40(3)86-70(114)52(32-63(107)108)92-69(113)48(87-59(101)37-84-75(66)119)23-16-25-81-78(124)85-35-43-18-17-26-122-43/h12-15,19-22,34,39-41,43,48-55,65-66,82,97H,5-11,16-18,23-33,35-38,79H2,1-4H3,(H2,80,99)(H,83,112)(H,84,119)(H,86,114)(H,87,101)(H,88,100)(H,89,102)(H,90,111)(H,91,115)(H,92,113)(H,93,116)(H,94,120)(H,95,118)(H,96,117)(H,103,104)(H,105,106)(H,107,108)(H,109,110)(H2,81,85,124). The number of nitrogens with two attached hydrogens (primary N) is 2. The number of H-pyrrole nitrogens is 1. The van der Waals surface area contributed by atoms with Crippen LogP contribution in [0.1, 0.15) is 159 Å². The molecule has 3 heterocycles. The average Bonchev–Trinajstić information content (AvgIpc) is 1.45. The lowest BCUT2D eigenvalue weighted by atomic mass is 9.96. The number of aliphatic hydroxyl groups is 1. The minimum Gasteiger partial charge on any atom is -0.481 e. The summed E-state index contributed by atoms with van der Waals surface area (Å²) in [5, 5.41) is 85.5. The summed E-state index contributed by atoms with van der Waals surface area (Å²) in [4.78, 5) is 279. The molecule has 0 radical (unpaired) electrons. The highest BCUT2D eigenvalue weighted by molar-refractivity contribution is 7.80. The topological polar surface area (TPSA) is 709 Å². The number of ketones is 1. The molecule has 124 heavy (non-hydrogen) atoms. The number of fused-ring (bicyclic) bond motifs is 1. The minimum atomic E-state index is -2.47. The maximum Gasteiger partial charge on any atom is 0.329 e. The Morgan fingerprint density at radius 3 is 1.77 bits per heavy atom. The number of carbonyl (C=O) groups excluding carboxylic acids is 16. The molecular weight excluding hydrogens is 1650 g/mol. The zero-order valence-corrected chi connectivity index (χ0v) is 69.6. The number of hydrogen-bond acceptors (Lipinski definition) is 25. The van der Waals surface area contributed by atoms with E-state index in [0.29, 0.717) is 42.5 Å². The molecule has 45 nitrogen and oxygen atoms in total. The van der Waals surface area contributed by atoms with Crippen LogP contribution in [0.25, 0.3) is 10.9 Å². The molecule has 2 aliphatic rings. The van der Waals surface area contributed by atoms with E-state index in [1.165, 1.54) is 24.3 Å². The van der Waals surface area contributed by atoms with E-state index in [0.717, 1.165) is 65.7 Å². The highest BCUT2D eigenvalue weighted by Gasteiger charge is 2.41. The number of esters is 1. The number of aliphatic hydroxyl groups excluding tert-OH is 1. The first kappa shape index (κ1) is 102. The van der Waals surface area contributed by atoms with Gasteiger partial charge in [0.25, 0.3) is 0 Å². The largest absolute Gasteiger partial charge is 0.481 e. The number of amides is 14. The summed E-state index contributed by atoms with van der Waals surface area (Å²) in [6, 6.07) is -10.7. The fourth-order valence-corrected chi connectivity index (χ4v) is 13.2. The van der Waals surface area contributed by atoms with Crippen LogP contribution in [0.15, 0.2) is 54.7 Å². The number of ether oxygens (including phenoxy) is 2. The number of hydrogen-bond donors (Lipinski definition) is 23. The molecule has 0 bridgehead atoms. The molecular formula is C78H110N18O27S. The van der Waals surface area contributed by atoms with Crippen molar-refractivity contribution in [1.29, 1.82) is 0 Å². The molecule has 14 unspecified atom stereocenters. The number of carboxylic acid groups (broad SMARTS) is 4. The molecule has 46 heteroatoms. The number of carboxylic acids is 4. The van der Waals surface area contributed by atoms with Gasteiger partial charge in [0.15, 0.2) is 10.9 Å². The highest BCUT2D eigenvalue weighted by atomic mass is 32.1. The molecule has 0 spiro atoms. The molecule has 1 aromatic heterocycles. The Balaban J connectivity index is 1.62. The predicted molar refractivity (Wildman–Crippen MR) is 439 cm³/mol. The van der Waals surface area contributed by atoms with Gasteiger partial charge in [0, 0.05) is 67.3 Å². The molecule has 14 amide bonds. The van der Waals surface area contributed by atoms with E-state index in [1.54, 1.807) is 30.5 Å². The maximum atomic E-state index is 15.0. The predicted octanol–water partition coefficient (Wildman–Crippen LogP) is -4.94. The van der Waals surface area contributed by atoms with Crippen LogP contribution in [0.4, 0.5) is 5.69 Å². The van der Waals surface area contributed by atoms with Gasteiger partial charge >= 0.3 is 29.8 Å². The first-order chi connectivity index (χ1) is 58.8. The van der Waals surface area contributed by atoms with Gasteiger partial charge in [-0.15, -0.1) is 0 Å². The number of thiocarbonyl (C=S) groups is 1. The third-order valence-electron chi connectivity index (χ3n) is 19.6. The van der Waals surface area contributed by atoms with Crippen LogP contribution in [0, 0.1) is 5.92 Å². The molecule has 5 rings (SSSR count). The van der Waals surface area contributed by atoms with Crippen molar-refractivity contribution in [1.82, 2.24) is 84.7 Å². The number of unbranched alkanes of at least 4 members (excludes halogenated alkanes) is 6. The van der Waals surface area contributed by atoms with Crippen molar-refractivity contribution in [2.24, 2.45) is 11.7 Å². The Morgan fingerprint density at radius 2 is 1.15 bits per heavy atom. The molecule has 2 aliphatic heterocycles. The van der Waals surface area contributed by atoms with Gasteiger partial charge in [0.2, 0.25) is 82.7 Å². The molecule has 2 saturated heterocycles. The Bertz CT molecular complexity index is 4350. The highest BCUT2D eigenvalue weighted by Crippen LogP contribution is 2.22. The zero-order valence-electron chi connectivity index (χ0n) is 68.7. The normalized spacial score (nSPS) is 21.7. The molecule has 25 N–H and O–H groups in total. The summed E-state index contributed by atoms with van der Waals surface area (Å²) in [5.41, 5.74) is 12.4. The lowest BCUT2D eigenvalue weighted by Crippen LogP contribution is -2.62. The quantitative estimate of drug-likeness (QED) is 0.00840. The first-order valence-corrected chi connectivity index (χ1v) is 40.6. The molecule has 0 aliphatic carbocycles. The van der Waals surface area contributed by atoms with Crippen molar-refractivity contribution >= 4 is 152 Å². The number of aromatic amines is 1.